The molecule has 1 aliphatic rings. The second kappa shape index (κ2) is 8.57. The van der Waals surface area contributed by atoms with E-state index in [1.54, 1.807) is 0 Å². The molecule has 15 heteroatoms. The molecule has 33 heavy (non-hydrogen) atoms. The van der Waals surface area contributed by atoms with Gasteiger partial charge in [0.2, 0.25) is 5.72 Å². The minimum atomic E-state index is -5.63. The van der Waals surface area contributed by atoms with E-state index in [0.717, 1.165) is 18.3 Å². The number of pyridine rings is 1. The fraction of sp³-hybridized carbons (Fsp3) is 0.278. The molecule has 1 aliphatic heterocycles. The number of rotatable bonds is 6. The molecule has 1 aromatic carbocycles. The summed E-state index contributed by atoms with van der Waals surface area (Å²) in [4.78, 5) is 38.9. The molecular weight excluding hydrogens is 463 g/mol. The summed E-state index contributed by atoms with van der Waals surface area (Å²) in [6, 6.07) is 0.459. The lowest BCUT2D eigenvalue weighted by molar-refractivity contribution is -0.385. The number of aliphatic hydroxyl groups is 1. The molecule has 1 saturated heterocycles. The molecule has 0 spiro atoms. The third-order valence-electron chi connectivity index (χ3n) is 4.79. The van der Waals surface area contributed by atoms with E-state index in [1.165, 1.54) is 17.6 Å². The first-order valence-corrected chi connectivity index (χ1v) is 8.90. The molecule has 0 unspecified atom stereocenters. The number of halogens is 5. The smallest absolute Gasteiger partial charge is 0.434 e. The highest BCUT2D eigenvalue weighted by atomic mass is 19.4. The summed E-state index contributed by atoms with van der Waals surface area (Å²) in [5, 5.41) is 24.9. The number of hydrogen-bond donors (Lipinski definition) is 3. The first kappa shape index (κ1) is 23.8. The molecule has 0 bridgehead atoms. The molecule has 3 N–H and O–H groups in total. The number of aromatic nitrogens is 1. The molecule has 3 atom stereocenters. The number of hydrogen-bond acceptors (Lipinski definition) is 7. The van der Waals surface area contributed by atoms with E-state index >= 15 is 0 Å². The molecule has 2 heterocycles. The van der Waals surface area contributed by atoms with Gasteiger partial charge in [0.1, 0.15) is 11.7 Å². The van der Waals surface area contributed by atoms with Gasteiger partial charge in [0.25, 0.3) is 5.69 Å². The van der Waals surface area contributed by atoms with Crippen LogP contribution in [0.5, 0.6) is 5.75 Å². The zero-order chi connectivity index (χ0) is 24.6. The van der Waals surface area contributed by atoms with Crippen molar-refractivity contribution in [3.8, 4) is 5.75 Å². The molecule has 10 nitrogen and oxygen atoms in total. The number of ether oxygens (including phenoxy) is 1. The number of amides is 2. The van der Waals surface area contributed by atoms with Crippen molar-refractivity contribution in [2.24, 2.45) is 5.92 Å². The maximum atomic E-state index is 13.9. The number of carbonyl (C=O) groups excluding carboxylic acids is 2. The van der Waals surface area contributed by atoms with Crippen LogP contribution < -0.4 is 15.4 Å². The highest BCUT2D eigenvalue weighted by Crippen LogP contribution is 2.46. The van der Waals surface area contributed by atoms with Crippen molar-refractivity contribution in [3.05, 3.63) is 64.0 Å². The molecule has 0 aliphatic carbocycles. The Morgan fingerprint density at radius 1 is 1.30 bits per heavy atom. The van der Waals surface area contributed by atoms with Gasteiger partial charge in [-0.15, -0.1) is 0 Å². The minimum absolute atomic E-state index is 0.421. The van der Waals surface area contributed by atoms with Crippen molar-refractivity contribution >= 4 is 17.5 Å². The fourth-order valence-electron chi connectivity index (χ4n) is 3.38. The average molecular weight is 476 g/mol. The second-order valence-electron chi connectivity index (χ2n) is 6.78. The lowest BCUT2D eigenvalue weighted by Crippen LogP contribution is -2.72. The average Bonchev–Trinajstić information content (AvgIpc) is 2.72. The van der Waals surface area contributed by atoms with Crippen molar-refractivity contribution in [2.75, 3.05) is 0 Å². The normalized spacial score (nSPS) is 22.9. The van der Waals surface area contributed by atoms with Crippen LogP contribution >= 0.6 is 0 Å². The van der Waals surface area contributed by atoms with Gasteiger partial charge in [0, 0.05) is 35.7 Å². The van der Waals surface area contributed by atoms with Gasteiger partial charge < -0.3 is 20.5 Å². The van der Waals surface area contributed by atoms with E-state index in [-0.39, 0.29) is 0 Å². The number of nitrogens with one attached hydrogen (secondary N) is 2. The van der Waals surface area contributed by atoms with E-state index < -0.39 is 69.8 Å². The van der Waals surface area contributed by atoms with Crippen molar-refractivity contribution in [1.29, 1.82) is 0 Å². The summed E-state index contributed by atoms with van der Waals surface area (Å²) in [5.74, 6) is -4.87. The van der Waals surface area contributed by atoms with Gasteiger partial charge in [0.05, 0.1) is 11.0 Å². The summed E-state index contributed by atoms with van der Waals surface area (Å²) in [7, 11) is 0. The Morgan fingerprint density at radius 2 is 2.00 bits per heavy atom. The lowest BCUT2D eigenvalue weighted by Gasteiger charge is -2.45. The second-order valence-corrected chi connectivity index (χ2v) is 6.78. The van der Waals surface area contributed by atoms with Crippen LogP contribution in [0.4, 0.5) is 32.4 Å². The quantitative estimate of drug-likeness (QED) is 0.252. The van der Waals surface area contributed by atoms with E-state index in [4.69, 9.17) is 0 Å². The SMILES string of the molecule is O=C1N[C@H](c2cc([N+](=O)[O-])ccc2OC(F)F)[C@H](C(=O)c2cccnc2)[C@](O)(C(F)(F)F)N1. The Balaban J connectivity index is 2.27. The molecule has 1 aromatic heterocycles. The molecule has 0 saturated carbocycles. The van der Waals surface area contributed by atoms with Gasteiger partial charge in [-0.25, -0.2) is 4.79 Å². The third kappa shape index (κ3) is 4.52. The summed E-state index contributed by atoms with van der Waals surface area (Å²) < 4.78 is 71.8. The van der Waals surface area contributed by atoms with Crippen LogP contribution in [0, 0.1) is 16.0 Å². The maximum Gasteiger partial charge on any atom is 0.437 e. The van der Waals surface area contributed by atoms with E-state index in [0.29, 0.717) is 12.1 Å². The Morgan fingerprint density at radius 3 is 2.55 bits per heavy atom. The number of urea groups is 1. The van der Waals surface area contributed by atoms with Gasteiger partial charge in [0.15, 0.2) is 5.78 Å². The van der Waals surface area contributed by atoms with Crippen LogP contribution in [0.1, 0.15) is 22.0 Å². The first-order valence-electron chi connectivity index (χ1n) is 8.90. The van der Waals surface area contributed by atoms with Crippen molar-refractivity contribution in [2.45, 2.75) is 24.6 Å². The Kier molecular flexibility index (Phi) is 6.18. The number of nitro groups is 1. The van der Waals surface area contributed by atoms with Crippen molar-refractivity contribution < 1.29 is 46.3 Å². The highest BCUT2D eigenvalue weighted by molar-refractivity contribution is 6.00. The molecular formula is C18H13F5N4O6. The lowest BCUT2D eigenvalue weighted by atomic mass is 9.77. The van der Waals surface area contributed by atoms with Crippen molar-refractivity contribution in [1.82, 2.24) is 15.6 Å². The number of carbonyl (C=O) groups is 2. The monoisotopic (exact) mass is 476 g/mol. The Bertz CT molecular complexity index is 1080. The third-order valence-corrected chi connectivity index (χ3v) is 4.79. The van der Waals surface area contributed by atoms with Crippen molar-refractivity contribution in [3.63, 3.8) is 0 Å². The van der Waals surface area contributed by atoms with Crippen LogP contribution in [0.3, 0.4) is 0 Å². The molecule has 3 rings (SSSR count). The van der Waals surface area contributed by atoms with E-state index in [2.05, 4.69) is 9.72 Å². The predicted molar refractivity (Wildman–Crippen MR) is 97.2 cm³/mol. The maximum absolute atomic E-state index is 13.9. The van der Waals surface area contributed by atoms with Gasteiger partial charge in [-0.05, 0) is 18.2 Å². The van der Waals surface area contributed by atoms with Crippen LogP contribution in [-0.4, -0.2) is 45.3 Å². The van der Waals surface area contributed by atoms with Gasteiger partial charge in [-0.1, -0.05) is 0 Å². The number of alkyl halides is 5. The summed E-state index contributed by atoms with van der Waals surface area (Å²) in [5.41, 5.74) is -6.12. The summed E-state index contributed by atoms with van der Waals surface area (Å²) >= 11 is 0. The van der Waals surface area contributed by atoms with Gasteiger partial charge >= 0.3 is 18.8 Å². The molecule has 0 radical (unpaired) electrons. The number of nitrogens with zero attached hydrogens (tertiary/aromatic N) is 2. The Hall–Kier alpha value is -3.88. The standard InChI is InChI=1S/C18H13F5N4O6/c19-15(20)33-11-4-3-9(27(31)32)6-10(11)13-12(14(28)8-2-1-5-24-7-8)17(30,18(21,22)23)26-16(29)25-13/h1-7,12-13,15,30H,(H2,25,26,29)/t12-,13-,17+/m1/s1. The van der Waals surface area contributed by atoms with Crippen LogP contribution in [0.15, 0.2) is 42.7 Å². The number of Topliss-reactive ketones (excluding diaryl/α,β-unsaturated/α-hetero) is 1. The molecule has 2 amide bonds. The van der Waals surface area contributed by atoms with E-state index in [9.17, 15) is 46.8 Å². The topological polar surface area (TPSA) is 144 Å². The largest absolute Gasteiger partial charge is 0.437 e. The number of nitro benzene ring substituents is 1. The zero-order valence-electron chi connectivity index (χ0n) is 16.0. The fourth-order valence-corrected chi connectivity index (χ4v) is 3.38. The zero-order valence-corrected chi connectivity index (χ0v) is 16.0. The number of ketones is 1. The molecule has 176 valence electrons. The number of non-ortho nitro benzene ring substituents is 1. The number of benzene rings is 1. The van der Waals surface area contributed by atoms with Crippen LogP contribution in [-0.2, 0) is 0 Å². The highest BCUT2D eigenvalue weighted by Gasteiger charge is 2.66. The molecule has 1 fully saturated rings. The van der Waals surface area contributed by atoms with Gasteiger partial charge in [-0.2, -0.15) is 22.0 Å². The minimum Gasteiger partial charge on any atom is -0.434 e. The summed E-state index contributed by atoms with van der Waals surface area (Å²) in [6.07, 6.45) is -3.53. The van der Waals surface area contributed by atoms with Crippen LogP contribution in [0.2, 0.25) is 0 Å². The first-order chi connectivity index (χ1) is 15.3. The van der Waals surface area contributed by atoms with E-state index in [1.807, 2.05) is 5.32 Å². The van der Waals surface area contributed by atoms with Gasteiger partial charge in [-0.3, -0.25) is 19.9 Å². The Labute approximate surface area is 180 Å². The summed E-state index contributed by atoms with van der Waals surface area (Å²) in [6.45, 7) is -3.50. The predicted octanol–water partition coefficient (Wildman–Crippen LogP) is 2.70. The van der Waals surface area contributed by atoms with Crippen LogP contribution in [0.25, 0.3) is 0 Å². The molecule has 2 aromatic rings.